The van der Waals surface area contributed by atoms with E-state index < -0.39 is 0 Å². The van der Waals surface area contributed by atoms with Crippen LogP contribution in [0.1, 0.15) is 52.3 Å². The first kappa shape index (κ1) is 24.5. The minimum atomic E-state index is -0.239. The molecule has 2 aromatic carbocycles. The predicted octanol–water partition coefficient (Wildman–Crippen LogP) is 5.05. The summed E-state index contributed by atoms with van der Waals surface area (Å²) < 4.78 is 8.90. The third-order valence-corrected chi connectivity index (χ3v) is 7.03. The minimum absolute atomic E-state index is 0.176. The molecule has 3 heterocycles. The maximum atomic E-state index is 12.9. The monoisotopic (exact) mass is 497 g/mol. The van der Waals surface area contributed by atoms with Crippen LogP contribution < -0.4 is 5.32 Å². The highest BCUT2D eigenvalue weighted by Gasteiger charge is 2.17. The van der Waals surface area contributed by atoms with Crippen LogP contribution in [-0.2, 0) is 28.9 Å². The van der Waals surface area contributed by atoms with Crippen molar-refractivity contribution < 1.29 is 14.3 Å². The number of nitrogens with one attached hydrogen (secondary N) is 1. The Bertz CT molecular complexity index is 1430. The fourth-order valence-corrected chi connectivity index (χ4v) is 4.94. The Morgan fingerprint density at radius 3 is 2.51 bits per heavy atom. The van der Waals surface area contributed by atoms with Gasteiger partial charge in [-0.3, -0.25) is 9.59 Å². The first-order valence-corrected chi connectivity index (χ1v) is 12.6. The largest absolute Gasteiger partial charge is 0.469 e. The van der Waals surface area contributed by atoms with Gasteiger partial charge in [-0.1, -0.05) is 0 Å². The van der Waals surface area contributed by atoms with E-state index in [4.69, 9.17) is 4.74 Å². The van der Waals surface area contributed by atoms with Crippen molar-refractivity contribution >= 4 is 17.6 Å². The smallest absolute Gasteiger partial charge is 0.305 e. The number of hydrogen-bond acceptors (Lipinski definition) is 5. The first-order valence-electron chi connectivity index (χ1n) is 12.6. The van der Waals surface area contributed by atoms with Crippen molar-refractivity contribution in [3.63, 3.8) is 0 Å². The zero-order chi connectivity index (χ0) is 25.9. The molecule has 0 saturated carbocycles. The van der Waals surface area contributed by atoms with Gasteiger partial charge in [-0.15, -0.1) is 0 Å². The molecule has 8 heteroatoms. The van der Waals surface area contributed by atoms with E-state index in [1.54, 1.807) is 12.1 Å². The van der Waals surface area contributed by atoms with Crippen LogP contribution in [0.25, 0.3) is 17.1 Å². The number of anilines is 1. The standard InChI is InChI=1S/C29H31N5O3/c1-19-26(15-16-27(35)37-3)20(2)34(32-19)24-13-9-22(10-14-24)29(36)31-23-11-7-21(8-12-23)28-30-18-25-6-4-5-17-33(25)28/h7-14,18H,4-6,15-17H2,1-3H3,(H,31,36). The summed E-state index contributed by atoms with van der Waals surface area (Å²) in [6.45, 7) is 4.92. The highest BCUT2D eigenvalue weighted by Crippen LogP contribution is 2.26. The number of fused-ring (bicyclic) bond motifs is 1. The lowest BCUT2D eigenvalue weighted by Gasteiger charge is -2.16. The first-order chi connectivity index (χ1) is 17.9. The number of amides is 1. The average molecular weight is 498 g/mol. The second-order valence-corrected chi connectivity index (χ2v) is 9.40. The van der Waals surface area contributed by atoms with Gasteiger partial charge in [0.2, 0.25) is 0 Å². The Balaban J connectivity index is 1.26. The SMILES string of the molecule is COC(=O)CCc1c(C)nn(-c2ccc(C(=O)Nc3ccc(-c4ncc5n4CCCC5)cc3)cc2)c1C. The van der Waals surface area contributed by atoms with Gasteiger partial charge in [0.1, 0.15) is 5.82 Å². The van der Waals surface area contributed by atoms with Gasteiger partial charge in [-0.25, -0.2) is 9.67 Å². The lowest BCUT2D eigenvalue weighted by atomic mass is 10.1. The normalized spacial score (nSPS) is 12.7. The summed E-state index contributed by atoms with van der Waals surface area (Å²) >= 11 is 0. The Kier molecular flexibility index (Phi) is 6.90. The number of aryl methyl sites for hydroxylation is 2. The average Bonchev–Trinajstić information content (AvgIpc) is 3.48. The molecule has 1 aliphatic rings. The van der Waals surface area contributed by atoms with Crippen molar-refractivity contribution in [3.8, 4) is 17.1 Å². The number of carbonyl (C=O) groups is 2. The van der Waals surface area contributed by atoms with E-state index in [1.807, 2.05) is 61.1 Å². The number of esters is 1. The molecular formula is C29H31N5O3. The molecule has 0 spiro atoms. The summed E-state index contributed by atoms with van der Waals surface area (Å²) in [5.41, 5.74) is 7.37. The summed E-state index contributed by atoms with van der Waals surface area (Å²) in [5, 5.41) is 7.62. The number of nitrogens with zero attached hydrogens (tertiary/aromatic N) is 4. The Labute approximate surface area is 216 Å². The zero-order valence-electron chi connectivity index (χ0n) is 21.5. The number of aromatic nitrogens is 4. The van der Waals surface area contributed by atoms with Crippen LogP contribution in [0.15, 0.2) is 54.7 Å². The van der Waals surface area contributed by atoms with E-state index in [1.165, 1.54) is 25.6 Å². The highest BCUT2D eigenvalue weighted by atomic mass is 16.5. The van der Waals surface area contributed by atoms with E-state index in [9.17, 15) is 9.59 Å². The van der Waals surface area contributed by atoms with Crippen molar-refractivity contribution in [1.29, 1.82) is 0 Å². The molecule has 4 aromatic rings. The third kappa shape index (κ3) is 5.05. The summed E-state index contributed by atoms with van der Waals surface area (Å²) in [6, 6.07) is 15.2. The molecule has 0 fully saturated rings. The lowest BCUT2D eigenvalue weighted by Crippen LogP contribution is -2.12. The number of rotatable bonds is 7. The summed E-state index contributed by atoms with van der Waals surface area (Å²) in [7, 11) is 1.39. The van der Waals surface area contributed by atoms with Gasteiger partial charge in [0.15, 0.2) is 0 Å². The number of carbonyl (C=O) groups excluding carboxylic acids is 2. The van der Waals surface area contributed by atoms with E-state index >= 15 is 0 Å². The molecule has 0 radical (unpaired) electrons. The maximum Gasteiger partial charge on any atom is 0.305 e. The minimum Gasteiger partial charge on any atom is -0.469 e. The van der Waals surface area contributed by atoms with Crippen LogP contribution in [0, 0.1) is 13.8 Å². The maximum absolute atomic E-state index is 12.9. The molecule has 0 atom stereocenters. The van der Waals surface area contributed by atoms with Crippen molar-refractivity contribution in [2.24, 2.45) is 0 Å². The Hall–Kier alpha value is -4.20. The lowest BCUT2D eigenvalue weighted by molar-refractivity contribution is -0.140. The molecule has 5 rings (SSSR count). The van der Waals surface area contributed by atoms with Gasteiger partial charge < -0.3 is 14.6 Å². The molecular weight excluding hydrogens is 466 g/mol. The van der Waals surface area contributed by atoms with E-state index in [0.717, 1.165) is 52.7 Å². The Morgan fingerprint density at radius 2 is 1.78 bits per heavy atom. The topological polar surface area (TPSA) is 91.0 Å². The predicted molar refractivity (Wildman–Crippen MR) is 142 cm³/mol. The van der Waals surface area contributed by atoms with Crippen LogP contribution in [0.2, 0.25) is 0 Å². The molecule has 8 nitrogen and oxygen atoms in total. The van der Waals surface area contributed by atoms with Gasteiger partial charge in [-0.05, 0) is 93.6 Å². The van der Waals surface area contributed by atoms with E-state index in [2.05, 4.69) is 20.0 Å². The van der Waals surface area contributed by atoms with Crippen LogP contribution >= 0.6 is 0 Å². The van der Waals surface area contributed by atoms with Gasteiger partial charge in [0, 0.05) is 47.4 Å². The van der Waals surface area contributed by atoms with E-state index in [0.29, 0.717) is 18.4 Å². The molecule has 37 heavy (non-hydrogen) atoms. The zero-order valence-corrected chi connectivity index (χ0v) is 21.5. The molecule has 1 amide bonds. The van der Waals surface area contributed by atoms with Crippen LogP contribution in [0.4, 0.5) is 5.69 Å². The molecule has 0 bridgehead atoms. The van der Waals surface area contributed by atoms with Crippen LogP contribution in [0.5, 0.6) is 0 Å². The molecule has 0 saturated heterocycles. The van der Waals surface area contributed by atoms with Crippen molar-refractivity contribution in [1.82, 2.24) is 19.3 Å². The van der Waals surface area contributed by atoms with Gasteiger partial charge in [0.05, 0.1) is 18.5 Å². The molecule has 2 aromatic heterocycles. The molecule has 1 N–H and O–H groups in total. The van der Waals surface area contributed by atoms with Gasteiger partial charge in [-0.2, -0.15) is 5.10 Å². The number of imidazole rings is 1. The van der Waals surface area contributed by atoms with Crippen LogP contribution in [0.3, 0.4) is 0 Å². The van der Waals surface area contributed by atoms with E-state index in [-0.39, 0.29) is 11.9 Å². The number of hydrogen-bond donors (Lipinski definition) is 1. The van der Waals surface area contributed by atoms with Crippen molar-refractivity contribution in [2.45, 2.75) is 52.5 Å². The van der Waals surface area contributed by atoms with Gasteiger partial charge in [0.25, 0.3) is 5.91 Å². The van der Waals surface area contributed by atoms with Crippen LogP contribution in [-0.4, -0.2) is 38.3 Å². The number of benzene rings is 2. The summed E-state index contributed by atoms with van der Waals surface area (Å²) in [5.74, 6) is 0.572. The number of methoxy groups -OCH3 is 1. The number of ether oxygens (including phenoxy) is 1. The molecule has 0 unspecified atom stereocenters. The van der Waals surface area contributed by atoms with Gasteiger partial charge >= 0.3 is 5.97 Å². The fraction of sp³-hybridized carbons (Fsp3) is 0.310. The summed E-state index contributed by atoms with van der Waals surface area (Å²) in [4.78, 5) is 29.0. The molecule has 0 aliphatic carbocycles. The van der Waals surface area contributed by atoms with Crippen molar-refractivity contribution in [2.75, 3.05) is 12.4 Å². The summed E-state index contributed by atoms with van der Waals surface area (Å²) in [6.07, 6.45) is 6.34. The quantitative estimate of drug-likeness (QED) is 0.361. The second-order valence-electron chi connectivity index (χ2n) is 9.40. The molecule has 1 aliphatic heterocycles. The molecule has 190 valence electrons. The second kappa shape index (κ2) is 10.4. The highest BCUT2D eigenvalue weighted by molar-refractivity contribution is 6.04. The fourth-order valence-electron chi connectivity index (χ4n) is 4.94. The van der Waals surface area contributed by atoms with Crippen molar-refractivity contribution in [3.05, 3.63) is 82.9 Å². The third-order valence-electron chi connectivity index (χ3n) is 7.03. The Morgan fingerprint density at radius 1 is 1.03 bits per heavy atom.